The minimum Gasteiger partial charge on any atom is -0.459 e. The number of hydrogen-bond donors (Lipinski definition) is 1. The monoisotopic (exact) mass is 245 g/mol. The van der Waals surface area contributed by atoms with Crippen LogP contribution in [-0.2, 0) is 14.3 Å². The molecule has 5 heteroatoms. The van der Waals surface area contributed by atoms with Gasteiger partial charge in [0, 0.05) is 11.3 Å². The summed E-state index contributed by atoms with van der Waals surface area (Å²) in [6.07, 6.45) is 6.24. The molecule has 0 aromatic rings. The molecule has 0 heterocycles. The van der Waals surface area contributed by atoms with Gasteiger partial charge in [0.05, 0.1) is 6.61 Å². The quantitative estimate of drug-likeness (QED) is 0.602. The molecule has 1 N–H and O–H groups in total. The summed E-state index contributed by atoms with van der Waals surface area (Å²) >= 11 is 1.88. The van der Waals surface area contributed by atoms with Gasteiger partial charge in [0.15, 0.2) is 0 Å². The van der Waals surface area contributed by atoms with Crippen LogP contribution in [0.3, 0.4) is 0 Å². The van der Waals surface area contributed by atoms with Crippen molar-refractivity contribution >= 4 is 23.6 Å². The van der Waals surface area contributed by atoms with Gasteiger partial charge >= 0.3 is 11.9 Å². The Morgan fingerprint density at radius 2 is 1.94 bits per heavy atom. The Morgan fingerprint density at radius 1 is 1.31 bits per heavy atom. The predicted molar refractivity (Wildman–Crippen MR) is 64.3 cm³/mol. The molecule has 0 aromatic heterocycles. The summed E-state index contributed by atoms with van der Waals surface area (Å²) in [5.41, 5.74) is 0. The molecule has 0 aliphatic heterocycles. The number of nitrogens with one attached hydrogen (secondary N) is 1. The van der Waals surface area contributed by atoms with Crippen molar-refractivity contribution in [2.45, 2.75) is 43.9 Å². The zero-order valence-corrected chi connectivity index (χ0v) is 10.6. The standard InChI is InChI=1S/C11H19NO3S/c1-3-15-11(14)10(13)12-8-4-6-9(16-2)7-5-8/h8-9H,3-7H2,1-2H3,(H,12,13). The van der Waals surface area contributed by atoms with Crippen LogP contribution < -0.4 is 5.32 Å². The molecule has 1 fully saturated rings. The number of amides is 1. The van der Waals surface area contributed by atoms with Gasteiger partial charge in [-0.05, 0) is 38.9 Å². The third-order valence-electron chi connectivity index (χ3n) is 2.80. The molecule has 0 bridgehead atoms. The van der Waals surface area contributed by atoms with Crippen molar-refractivity contribution in [3.63, 3.8) is 0 Å². The fourth-order valence-corrected chi connectivity index (χ4v) is 2.63. The highest BCUT2D eigenvalue weighted by Gasteiger charge is 2.24. The number of rotatable bonds is 3. The SMILES string of the molecule is CCOC(=O)C(=O)NC1CCC(SC)CC1. The fourth-order valence-electron chi connectivity index (χ4n) is 1.88. The number of carbonyl (C=O) groups excluding carboxylic acids is 2. The van der Waals surface area contributed by atoms with E-state index >= 15 is 0 Å². The van der Waals surface area contributed by atoms with Crippen molar-refractivity contribution in [3.8, 4) is 0 Å². The van der Waals surface area contributed by atoms with Gasteiger partial charge in [-0.3, -0.25) is 4.79 Å². The van der Waals surface area contributed by atoms with Gasteiger partial charge in [0.2, 0.25) is 0 Å². The van der Waals surface area contributed by atoms with Gasteiger partial charge in [0.25, 0.3) is 0 Å². The molecule has 1 rings (SSSR count). The Bertz CT molecular complexity index is 250. The predicted octanol–water partition coefficient (Wildman–Crippen LogP) is 1.34. The summed E-state index contributed by atoms with van der Waals surface area (Å²) in [6, 6.07) is 0.139. The molecule has 1 saturated carbocycles. The molecule has 1 amide bonds. The van der Waals surface area contributed by atoms with Crippen LogP contribution in [0.15, 0.2) is 0 Å². The van der Waals surface area contributed by atoms with Gasteiger partial charge < -0.3 is 10.1 Å². The van der Waals surface area contributed by atoms with Gasteiger partial charge in [-0.15, -0.1) is 0 Å². The van der Waals surface area contributed by atoms with Crippen molar-refractivity contribution in [2.75, 3.05) is 12.9 Å². The van der Waals surface area contributed by atoms with Crippen LogP contribution in [0.4, 0.5) is 0 Å². The van der Waals surface area contributed by atoms with Gasteiger partial charge in [-0.2, -0.15) is 11.8 Å². The summed E-state index contributed by atoms with van der Waals surface area (Å²) in [6.45, 7) is 1.93. The van der Waals surface area contributed by atoms with E-state index in [1.165, 1.54) is 0 Å². The maximum atomic E-state index is 11.4. The molecule has 4 nitrogen and oxygen atoms in total. The van der Waals surface area contributed by atoms with E-state index in [4.69, 9.17) is 0 Å². The zero-order chi connectivity index (χ0) is 12.0. The first-order chi connectivity index (χ1) is 7.67. The lowest BCUT2D eigenvalue weighted by Crippen LogP contribution is -2.42. The van der Waals surface area contributed by atoms with E-state index < -0.39 is 11.9 Å². The van der Waals surface area contributed by atoms with Crippen LogP contribution in [0.2, 0.25) is 0 Å². The Labute approximate surface area is 100 Å². The molecule has 92 valence electrons. The lowest BCUT2D eigenvalue weighted by molar-refractivity contribution is -0.155. The Hall–Kier alpha value is -0.710. The minimum absolute atomic E-state index is 0.139. The summed E-state index contributed by atoms with van der Waals surface area (Å²) in [4.78, 5) is 22.5. The van der Waals surface area contributed by atoms with E-state index in [0.717, 1.165) is 25.7 Å². The van der Waals surface area contributed by atoms with Crippen LogP contribution >= 0.6 is 11.8 Å². The summed E-state index contributed by atoms with van der Waals surface area (Å²) in [7, 11) is 0. The summed E-state index contributed by atoms with van der Waals surface area (Å²) < 4.78 is 4.63. The maximum Gasteiger partial charge on any atom is 0.396 e. The third-order valence-corrected chi connectivity index (χ3v) is 3.94. The van der Waals surface area contributed by atoms with E-state index in [2.05, 4.69) is 16.3 Å². The Balaban J connectivity index is 2.28. The molecule has 1 aliphatic carbocycles. The van der Waals surface area contributed by atoms with E-state index in [1.54, 1.807) is 6.92 Å². The molecule has 0 unspecified atom stereocenters. The van der Waals surface area contributed by atoms with Crippen molar-refractivity contribution in [1.82, 2.24) is 5.32 Å². The maximum absolute atomic E-state index is 11.4. The van der Waals surface area contributed by atoms with Crippen LogP contribution in [0, 0.1) is 0 Å². The first-order valence-electron chi connectivity index (χ1n) is 5.67. The second-order valence-corrected chi connectivity index (χ2v) is 5.04. The largest absolute Gasteiger partial charge is 0.459 e. The lowest BCUT2D eigenvalue weighted by atomic mass is 9.95. The first-order valence-corrected chi connectivity index (χ1v) is 6.96. The van der Waals surface area contributed by atoms with E-state index in [9.17, 15) is 9.59 Å². The number of carbonyl (C=O) groups is 2. The molecule has 0 atom stereocenters. The van der Waals surface area contributed by atoms with Gasteiger partial charge in [-0.1, -0.05) is 0 Å². The molecule has 1 aliphatic rings. The van der Waals surface area contributed by atoms with E-state index in [1.807, 2.05) is 11.8 Å². The summed E-state index contributed by atoms with van der Waals surface area (Å²) in [5.74, 6) is -1.37. The number of thioether (sulfide) groups is 1. The van der Waals surface area contributed by atoms with Crippen molar-refractivity contribution < 1.29 is 14.3 Å². The van der Waals surface area contributed by atoms with E-state index in [0.29, 0.717) is 5.25 Å². The highest BCUT2D eigenvalue weighted by atomic mass is 32.2. The van der Waals surface area contributed by atoms with Crippen LogP contribution in [-0.4, -0.2) is 36.0 Å². The fraction of sp³-hybridized carbons (Fsp3) is 0.818. The topological polar surface area (TPSA) is 55.4 Å². The third kappa shape index (κ3) is 4.04. The van der Waals surface area contributed by atoms with Crippen LogP contribution in [0.25, 0.3) is 0 Å². The number of ether oxygens (including phenoxy) is 1. The highest BCUT2D eigenvalue weighted by Crippen LogP contribution is 2.26. The number of hydrogen-bond acceptors (Lipinski definition) is 4. The molecule has 0 spiro atoms. The molecule has 0 aromatic carbocycles. The average Bonchev–Trinajstić information content (AvgIpc) is 2.30. The smallest absolute Gasteiger partial charge is 0.396 e. The highest BCUT2D eigenvalue weighted by molar-refractivity contribution is 7.99. The average molecular weight is 245 g/mol. The zero-order valence-electron chi connectivity index (χ0n) is 9.82. The second-order valence-electron chi connectivity index (χ2n) is 3.90. The number of esters is 1. The minimum atomic E-state index is -0.769. The molecular formula is C11H19NO3S. The lowest BCUT2D eigenvalue weighted by Gasteiger charge is -2.27. The van der Waals surface area contributed by atoms with Crippen molar-refractivity contribution in [1.29, 1.82) is 0 Å². The normalized spacial score (nSPS) is 24.9. The molecular weight excluding hydrogens is 226 g/mol. The summed E-state index contributed by atoms with van der Waals surface area (Å²) in [5, 5.41) is 3.43. The van der Waals surface area contributed by atoms with Gasteiger partial charge in [0.1, 0.15) is 0 Å². The van der Waals surface area contributed by atoms with Crippen LogP contribution in [0.5, 0.6) is 0 Å². The molecule has 0 radical (unpaired) electrons. The van der Waals surface area contributed by atoms with Crippen molar-refractivity contribution in [2.24, 2.45) is 0 Å². The first kappa shape index (κ1) is 13.4. The molecule has 16 heavy (non-hydrogen) atoms. The Morgan fingerprint density at radius 3 is 2.44 bits per heavy atom. The Kier molecular flexibility index (Phi) is 5.66. The van der Waals surface area contributed by atoms with Gasteiger partial charge in [-0.25, -0.2) is 4.79 Å². The van der Waals surface area contributed by atoms with Crippen molar-refractivity contribution in [3.05, 3.63) is 0 Å². The van der Waals surface area contributed by atoms with Crippen LogP contribution in [0.1, 0.15) is 32.6 Å². The second kappa shape index (κ2) is 6.78. The molecule has 0 saturated heterocycles. The van der Waals surface area contributed by atoms with E-state index in [-0.39, 0.29) is 12.6 Å².